The van der Waals surface area contributed by atoms with E-state index in [1.54, 1.807) is 13.2 Å². The minimum atomic E-state index is 0.550. The molecule has 5 heteroatoms. The molecule has 0 amide bonds. The molecule has 0 N–H and O–H groups in total. The van der Waals surface area contributed by atoms with Gasteiger partial charge in [0, 0.05) is 5.56 Å². The van der Waals surface area contributed by atoms with E-state index in [1.165, 1.54) is 0 Å². The average Bonchev–Trinajstić information content (AvgIpc) is 2.59. The van der Waals surface area contributed by atoms with Crippen molar-refractivity contribution in [2.45, 2.75) is 20.4 Å². The summed E-state index contributed by atoms with van der Waals surface area (Å²) in [6.45, 7) is 4.56. The van der Waals surface area contributed by atoms with Crippen molar-refractivity contribution in [2.24, 2.45) is 0 Å². The van der Waals surface area contributed by atoms with Crippen molar-refractivity contribution in [1.29, 1.82) is 0 Å². The Balaban J connectivity index is 2.33. The summed E-state index contributed by atoms with van der Waals surface area (Å²) in [5.74, 6) is 0.776. The van der Waals surface area contributed by atoms with Crippen molar-refractivity contribution in [3.63, 3.8) is 0 Å². The lowest BCUT2D eigenvalue weighted by Gasteiger charge is -2.07. The minimum absolute atomic E-state index is 0.550. The van der Waals surface area contributed by atoms with Crippen molar-refractivity contribution in [2.75, 3.05) is 7.11 Å². The third-order valence-corrected chi connectivity index (χ3v) is 3.62. The molecule has 0 atom stereocenters. The molecule has 0 saturated heterocycles. The van der Waals surface area contributed by atoms with Gasteiger partial charge in [-0.25, -0.2) is 4.68 Å². The van der Waals surface area contributed by atoms with Gasteiger partial charge in [0.2, 0.25) is 5.88 Å². The molecular weight excluding hydrogens is 271 g/mol. The van der Waals surface area contributed by atoms with Crippen LogP contribution in [-0.2, 0) is 6.54 Å². The van der Waals surface area contributed by atoms with Crippen molar-refractivity contribution >= 4 is 23.2 Å². The van der Waals surface area contributed by atoms with E-state index in [0.29, 0.717) is 16.6 Å². The van der Waals surface area contributed by atoms with Crippen molar-refractivity contribution < 1.29 is 4.74 Å². The highest BCUT2D eigenvalue weighted by molar-refractivity contribution is 6.42. The number of hydrogen-bond donors (Lipinski definition) is 0. The summed E-state index contributed by atoms with van der Waals surface area (Å²) in [6, 6.07) is 5.56. The van der Waals surface area contributed by atoms with Crippen LogP contribution < -0.4 is 4.74 Å². The molecule has 2 rings (SSSR count). The maximum absolute atomic E-state index is 6.00. The van der Waals surface area contributed by atoms with Crippen LogP contribution >= 0.6 is 23.2 Å². The monoisotopic (exact) mass is 284 g/mol. The van der Waals surface area contributed by atoms with Gasteiger partial charge in [0.25, 0.3) is 0 Å². The number of halogens is 2. The number of benzene rings is 1. The molecule has 0 fully saturated rings. The predicted molar refractivity (Wildman–Crippen MR) is 73.8 cm³/mol. The second-order valence-corrected chi connectivity index (χ2v) is 4.94. The van der Waals surface area contributed by atoms with Gasteiger partial charge in [-0.3, -0.25) is 0 Å². The van der Waals surface area contributed by atoms with Gasteiger partial charge in [-0.2, -0.15) is 5.10 Å². The van der Waals surface area contributed by atoms with Crippen molar-refractivity contribution in [1.82, 2.24) is 9.78 Å². The van der Waals surface area contributed by atoms with E-state index in [1.807, 2.05) is 30.7 Å². The van der Waals surface area contributed by atoms with Crippen LogP contribution in [0.3, 0.4) is 0 Å². The molecule has 3 nitrogen and oxygen atoms in total. The summed E-state index contributed by atoms with van der Waals surface area (Å²) in [4.78, 5) is 0. The second-order valence-electron chi connectivity index (χ2n) is 4.13. The zero-order chi connectivity index (χ0) is 13.3. The van der Waals surface area contributed by atoms with E-state index in [2.05, 4.69) is 5.10 Å². The van der Waals surface area contributed by atoms with Crippen LogP contribution in [0.1, 0.15) is 16.8 Å². The van der Waals surface area contributed by atoms with Gasteiger partial charge in [0.15, 0.2) is 0 Å². The fraction of sp³-hybridized carbons (Fsp3) is 0.308. The summed E-state index contributed by atoms with van der Waals surface area (Å²) in [7, 11) is 1.65. The number of methoxy groups -OCH3 is 1. The molecule has 0 aliphatic rings. The summed E-state index contributed by atoms with van der Waals surface area (Å²) in [5, 5.41) is 5.55. The van der Waals surface area contributed by atoms with Gasteiger partial charge in [-0.1, -0.05) is 29.3 Å². The van der Waals surface area contributed by atoms with E-state index >= 15 is 0 Å². The van der Waals surface area contributed by atoms with Gasteiger partial charge < -0.3 is 4.74 Å². The van der Waals surface area contributed by atoms with E-state index < -0.39 is 0 Å². The van der Waals surface area contributed by atoms with Gasteiger partial charge >= 0.3 is 0 Å². The van der Waals surface area contributed by atoms with Crippen molar-refractivity contribution in [3.05, 3.63) is 45.1 Å². The van der Waals surface area contributed by atoms with Gasteiger partial charge in [0.1, 0.15) is 0 Å². The maximum atomic E-state index is 6.00. The third-order valence-electron chi connectivity index (χ3n) is 2.88. The fourth-order valence-electron chi connectivity index (χ4n) is 1.83. The summed E-state index contributed by atoms with van der Waals surface area (Å²) < 4.78 is 7.19. The Hall–Kier alpha value is -1.19. The highest BCUT2D eigenvalue weighted by atomic mass is 35.5. The van der Waals surface area contributed by atoms with Gasteiger partial charge in [-0.15, -0.1) is 0 Å². The van der Waals surface area contributed by atoms with Crippen LogP contribution in [-0.4, -0.2) is 16.9 Å². The molecule has 2 aromatic rings. The Morgan fingerprint density at radius 2 is 1.94 bits per heavy atom. The first-order chi connectivity index (χ1) is 8.52. The molecule has 0 radical (unpaired) electrons. The molecule has 0 unspecified atom stereocenters. The average molecular weight is 285 g/mol. The third kappa shape index (κ3) is 2.47. The van der Waals surface area contributed by atoms with E-state index in [4.69, 9.17) is 27.9 Å². The molecule has 0 aliphatic heterocycles. The topological polar surface area (TPSA) is 27.1 Å². The molecule has 96 valence electrons. The van der Waals surface area contributed by atoms with Crippen LogP contribution in [0, 0.1) is 13.8 Å². The molecule has 1 heterocycles. The normalized spacial score (nSPS) is 10.7. The first-order valence-electron chi connectivity index (χ1n) is 5.55. The van der Waals surface area contributed by atoms with E-state index in [9.17, 15) is 0 Å². The SMILES string of the molecule is COc1c(C)c(C)nn1Cc1ccc(Cl)c(Cl)c1. The zero-order valence-corrected chi connectivity index (χ0v) is 12.0. The van der Waals surface area contributed by atoms with Crippen LogP contribution in [0.4, 0.5) is 0 Å². The lowest BCUT2D eigenvalue weighted by Crippen LogP contribution is -2.04. The molecule has 0 spiro atoms. The van der Waals surface area contributed by atoms with Gasteiger partial charge in [0.05, 0.1) is 29.4 Å². The smallest absolute Gasteiger partial charge is 0.215 e. The van der Waals surface area contributed by atoms with Crippen LogP contribution in [0.15, 0.2) is 18.2 Å². The Labute approximate surface area is 116 Å². The summed E-state index contributed by atoms with van der Waals surface area (Å²) >= 11 is 11.9. The number of rotatable bonds is 3. The number of hydrogen-bond acceptors (Lipinski definition) is 2. The van der Waals surface area contributed by atoms with E-state index in [0.717, 1.165) is 22.7 Å². The molecule has 1 aromatic carbocycles. The second kappa shape index (κ2) is 5.21. The molecule has 0 aliphatic carbocycles. The standard InChI is InChI=1S/C13H14Cl2N2O/c1-8-9(2)16-17(13(8)18-3)7-10-4-5-11(14)12(15)6-10/h4-6H,7H2,1-3H3. The van der Waals surface area contributed by atoms with E-state index in [-0.39, 0.29) is 0 Å². The summed E-state index contributed by atoms with van der Waals surface area (Å²) in [6.07, 6.45) is 0. The summed E-state index contributed by atoms with van der Waals surface area (Å²) in [5.41, 5.74) is 3.05. The Bertz CT molecular complexity index is 579. The molecule has 0 bridgehead atoms. The highest BCUT2D eigenvalue weighted by Crippen LogP contribution is 2.25. The van der Waals surface area contributed by atoms with Gasteiger partial charge in [-0.05, 0) is 31.5 Å². The van der Waals surface area contributed by atoms with Crippen LogP contribution in [0.5, 0.6) is 5.88 Å². The minimum Gasteiger partial charge on any atom is -0.481 e. The first kappa shape index (κ1) is 13.2. The van der Waals surface area contributed by atoms with Crippen molar-refractivity contribution in [3.8, 4) is 5.88 Å². The Morgan fingerprint density at radius 1 is 1.22 bits per heavy atom. The highest BCUT2D eigenvalue weighted by Gasteiger charge is 2.12. The molecule has 1 aromatic heterocycles. The Morgan fingerprint density at radius 3 is 2.56 bits per heavy atom. The number of aromatic nitrogens is 2. The number of aryl methyl sites for hydroxylation is 1. The fourth-order valence-corrected chi connectivity index (χ4v) is 2.15. The lowest BCUT2D eigenvalue weighted by atomic mass is 10.2. The maximum Gasteiger partial charge on any atom is 0.215 e. The predicted octanol–water partition coefficient (Wildman–Crippen LogP) is 3.86. The first-order valence-corrected chi connectivity index (χ1v) is 6.30. The molecule has 18 heavy (non-hydrogen) atoms. The number of nitrogens with zero attached hydrogens (tertiary/aromatic N) is 2. The largest absolute Gasteiger partial charge is 0.481 e. The quantitative estimate of drug-likeness (QED) is 0.856. The molecular formula is C13H14Cl2N2O. The lowest BCUT2D eigenvalue weighted by molar-refractivity contribution is 0.364. The van der Waals surface area contributed by atoms with Crippen LogP contribution in [0.2, 0.25) is 10.0 Å². The number of ether oxygens (including phenoxy) is 1. The zero-order valence-electron chi connectivity index (χ0n) is 10.5. The van der Waals surface area contributed by atoms with Crippen LogP contribution in [0.25, 0.3) is 0 Å². The molecule has 0 saturated carbocycles. The Kier molecular flexibility index (Phi) is 3.83.